The Kier molecular flexibility index (Phi) is 11.8. The molecule has 13 heteroatoms. The summed E-state index contributed by atoms with van der Waals surface area (Å²) < 4.78 is 28.0. The number of carbonyl (C=O) groups excluding carboxylic acids is 3. The largest absolute Gasteiger partial charge is 0.493 e. The lowest BCUT2D eigenvalue weighted by atomic mass is 9.95. The number of benzene rings is 3. The van der Waals surface area contributed by atoms with Crippen LogP contribution in [0.25, 0.3) is 0 Å². The number of hydrogen-bond acceptors (Lipinski definition) is 9. The molecule has 3 N–H and O–H groups in total. The maximum atomic E-state index is 12.6. The summed E-state index contributed by atoms with van der Waals surface area (Å²) in [6.45, 7) is 5.80. The van der Waals surface area contributed by atoms with Gasteiger partial charge in [0.1, 0.15) is 6.61 Å². The molecule has 3 aromatic carbocycles. The molecule has 3 amide bonds. The van der Waals surface area contributed by atoms with Crippen molar-refractivity contribution in [3.05, 3.63) is 93.6 Å². The van der Waals surface area contributed by atoms with Gasteiger partial charge in [0, 0.05) is 10.7 Å². The van der Waals surface area contributed by atoms with Crippen LogP contribution in [0, 0.1) is 0 Å². The third-order valence-corrected chi connectivity index (χ3v) is 6.87. The topological polar surface area (TPSA) is 146 Å². The first kappa shape index (κ1) is 33.7. The van der Waals surface area contributed by atoms with E-state index in [1.54, 1.807) is 62.4 Å². The van der Waals surface area contributed by atoms with Gasteiger partial charge in [-0.05, 0) is 79.9 Å². The Hall–Kier alpha value is -5.23. The van der Waals surface area contributed by atoms with Crippen molar-refractivity contribution in [2.75, 3.05) is 26.9 Å². The first-order chi connectivity index (χ1) is 22.2. The second-order valence-corrected chi connectivity index (χ2v) is 10.3. The maximum Gasteiger partial charge on any atom is 0.338 e. The van der Waals surface area contributed by atoms with Crippen molar-refractivity contribution in [3.8, 4) is 23.0 Å². The smallest absolute Gasteiger partial charge is 0.338 e. The molecule has 0 spiro atoms. The molecule has 0 bridgehead atoms. The van der Waals surface area contributed by atoms with E-state index in [-0.39, 0.29) is 24.5 Å². The number of amides is 3. The van der Waals surface area contributed by atoms with Crippen LogP contribution < -0.4 is 35.0 Å². The van der Waals surface area contributed by atoms with Crippen LogP contribution in [0.3, 0.4) is 0 Å². The van der Waals surface area contributed by atoms with Gasteiger partial charge in [-0.15, -0.1) is 0 Å². The van der Waals surface area contributed by atoms with E-state index < -0.39 is 23.9 Å². The number of ether oxygens (including phenoxy) is 5. The zero-order chi connectivity index (χ0) is 33.1. The average molecular weight is 651 g/mol. The highest BCUT2D eigenvalue weighted by Crippen LogP contribution is 2.35. The Morgan fingerprint density at radius 1 is 0.935 bits per heavy atom. The van der Waals surface area contributed by atoms with Gasteiger partial charge in [-0.3, -0.25) is 4.79 Å². The lowest BCUT2D eigenvalue weighted by Gasteiger charge is -2.28. The number of rotatable bonds is 14. The van der Waals surface area contributed by atoms with E-state index in [0.717, 1.165) is 5.56 Å². The Balaban J connectivity index is 1.36. The number of nitrogens with one attached hydrogen (secondary N) is 3. The fraction of sp³-hybridized carbons (Fsp3) is 0.273. The molecule has 1 aliphatic heterocycles. The van der Waals surface area contributed by atoms with Crippen LogP contribution in [0.2, 0.25) is 5.02 Å². The van der Waals surface area contributed by atoms with E-state index in [9.17, 15) is 14.4 Å². The van der Waals surface area contributed by atoms with Crippen molar-refractivity contribution >= 4 is 35.7 Å². The van der Waals surface area contributed by atoms with Gasteiger partial charge in [0.25, 0.3) is 5.91 Å². The molecule has 46 heavy (non-hydrogen) atoms. The van der Waals surface area contributed by atoms with Crippen molar-refractivity contribution in [2.24, 2.45) is 5.10 Å². The Labute approximate surface area is 271 Å². The summed E-state index contributed by atoms with van der Waals surface area (Å²) in [7, 11) is 1.44. The summed E-state index contributed by atoms with van der Waals surface area (Å²) in [5.41, 5.74) is 5.28. The van der Waals surface area contributed by atoms with Gasteiger partial charge >= 0.3 is 12.0 Å². The van der Waals surface area contributed by atoms with Crippen LogP contribution >= 0.6 is 11.6 Å². The van der Waals surface area contributed by atoms with Crippen LogP contribution in [0.4, 0.5) is 4.79 Å². The number of methoxy groups -OCH3 is 1. The lowest BCUT2D eigenvalue weighted by molar-refractivity contribution is -0.139. The van der Waals surface area contributed by atoms with Crippen molar-refractivity contribution in [3.63, 3.8) is 0 Å². The summed E-state index contributed by atoms with van der Waals surface area (Å²) in [5.74, 6) is 0.612. The van der Waals surface area contributed by atoms with Crippen molar-refractivity contribution in [2.45, 2.75) is 33.4 Å². The molecule has 0 radical (unpaired) electrons. The second kappa shape index (κ2) is 16.2. The predicted octanol–water partition coefficient (Wildman–Crippen LogP) is 5.05. The van der Waals surface area contributed by atoms with Gasteiger partial charge in [0.15, 0.2) is 29.6 Å². The molecule has 0 saturated heterocycles. The van der Waals surface area contributed by atoms with E-state index in [1.807, 2.05) is 19.1 Å². The molecule has 1 atom stereocenters. The zero-order valence-electron chi connectivity index (χ0n) is 25.8. The predicted molar refractivity (Wildman–Crippen MR) is 171 cm³/mol. The fourth-order valence-electron chi connectivity index (χ4n) is 4.49. The quantitative estimate of drug-likeness (QED) is 0.125. The van der Waals surface area contributed by atoms with Gasteiger partial charge in [0.05, 0.1) is 38.2 Å². The van der Waals surface area contributed by atoms with Gasteiger partial charge in [-0.1, -0.05) is 29.8 Å². The lowest BCUT2D eigenvalue weighted by Crippen LogP contribution is -2.45. The molecule has 0 saturated carbocycles. The molecule has 1 aliphatic rings. The van der Waals surface area contributed by atoms with Crippen molar-refractivity contribution < 1.29 is 38.1 Å². The maximum absolute atomic E-state index is 12.6. The van der Waals surface area contributed by atoms with Gasteiger partial charge in [-0.2, -0.15) is 5.10 Å². The third kappa shape index (κ3) is 8.91. The van der Waals surface area contributed by atoms with E-state index in [0.29, 0.717) is 52.3 Å². The summed E-state index contributed by atoms with van der Waals surface area (Å²) in [5, 5.41) is 10.00. The standard InChI is InChI=1S/C33H35ClN4O8/c1-5-43-28-15-22(9-13-26(28)45-18-21-7-11-24(34)12-8-21)17-35-38-29(39)19-46-25-14-10-23(16-27(25)42-4)31-30(32(40)44-6-2)20(3)36-33(41)37-31/h7-17,31H,5-6,18-19H2,1-4H3,(H,38,39)(H2,36,37,41)/b35-17-/t31-/m0/s1. The van der Waals surface area contributed by atoms with E-state index in [4.69, 9.17) is 35.3 Å². The number of hydrogen-bond donors (Lipinski definition) is 3. The Bertz CT molecular complexity index is 1620. The molecule has 242 valence electrons. The number of nitrogens with zero attached hydrogens (tertiary/aromatic N) is 1. The highest BCUT2D eigenvalue weighted by Gasteiger charge is 2.32. The van der Waals surface area contributed by atoms with E-state index >= 15 is 0 Å². The highest BCUT2D eigenvalue weighted by atomic mass is 35.5. The van der Waals surface area contributed by atoms with E-state index in [1.165, 1.54) is 13.3 Å². The first-order valence-electron chi connectivity index (χ1n) is 14.4. The SMILES string of the molecule is CCOC(=O)C1=C(C)NC(=O)N[C@H]1c1ccc(OCC(=O)N/N=C\c2ccc(OCc3ccc(Cl)cc3)c(OCC)c2)c(OC)c1. The summed E-state index contributed by atoms with van der Waals surface area (Å²) >= 11 is 5.95. The fourth-order valence-corrected chi connectivity index (χ4v) is 4.62. The minimum atomic E-state index is -0.777. The second-order valence-electron chi connectivity index (χ2n) is 9.84. The summed E-state index contributed by atoms with van der Waals surface area (Å²) in [4.78, 5) is 37.3. The molecule has 0 unspecified atom stereocenters. The number of allylic oxidation sites excluding steroid dienone is 1. The minimum Gasteiger partial charge on any atom is -0.493 e. The van der Waals surface area contributed by atoms with Crippen LogP contribution in [-0.4, -0.2) is 51.1 Å². The molecule has 0 fully saturated rings. The number of hydrazone groups is 1. The Morgan fingerprint density at radius 3 is 2.39 bits per heavy atom. The Morgan fingerprint density at radius 2 is 1.67 bits per heavy atom. The summed E-state index contributed by atoms with van der Waals surface area (Å²) in [6, 6.07) is 16.3. The highest BCUT2D eigenvalue weighted by molar-refractivity contribution is 6.30. The van der Waals surface area contributed by atoms with Crippen LogP contribution in [0.1, 0.15) is 43.5 Å². The van der Waals surface area contributed by atoms with Crippen LogP contribution in [-0.2, 0) is 20.9 Å². The van der Waals surface area contributed by atoms with E-state index in [2.05, 4.69) is 21.2 Å². The van der Waals surface area contributed by atoms with Crippen molar-refractivity contribution in [1.82, 2.24) is 16.1 Å². The summed E-state index contributed by atoms with van der Waals surface area (Å²) in [6.07, 6.45) is 1.47. The van der Waals surface area contributed by atoms with Gasteiger partial charge in [0.2, 0.25) is 0 Å². The minimum absolute atomic E-state index is 0.180. The number of esters is 1. The molecule has 3 aromatic rings. The number of halogens is 1. The number of carbonyl (C=O) groups is 3. The first-order valence-corrected chi connectivity index (χ1v) is 14.8. The van der Waals surface area contributed by atoms with Crippen LogP contribution in [0.5, 0.6) is 23.0 Å². The molecular weight excluding hydrogens is 616 g/mol. The molecule has 12 nitrogen and oxygen atoms in total. The zero-order valence-corrected chi connectivity index (χ0v) is 26.6. The molecule has 1 heterocycles. The molecule has 0 aromatic heterocycles. The molecule has 0 aliphatic carbocycles. The van der Waals surface area contributed by atoms with Crippen molar-refractivity contribution in [1.29, 1.82) is 0 Å². The van der Waals surface area contributed by atoms with Gasteiger partial charge < -0.3 is 34.3 Å². The monoisotopic (exact) mass is 650 g/mol. The van der Waals surface area contributed by atoms with Crippen LogP contribution in [0.15, 0.2) is 77.0 Å². The number of urea groups is 1. The van der Waals surface area contributed by atoms with Gasteiger partial charge in [-0.25, -0.2) is 15.0 Å². The third-order valence-electron chi connectivity index (χ3n) is 6.62. The normalized spacial score (nSPS) is 14.3. The average Bonchev–Trinajstić information content (AvgIpc) is 3.04. The molecule has 4 rings (SSSR count). The molecular formula is C33H35ClN4O8.